The number of carbonyl (C=O) groups excluding carboxylic acids is 2. The van der Waals surface area contributed by atoms with Gasteiger partial charge in [0.1, 0.15) is 11.5 Å². The summed E-state index contributed by atoms with van der Waals surface area (Å²) in [5.74, 6) is 2.94. The molecule has 1 aliphatic rings. The quantitative estimate of drug-likeness (QED) is 0.0799. The van der Waals surface area contributed by atoms with Gasteiger partial charge in [0.05, 0.1) is 38.6 Å². The molecule has 1 aliphatic heterocycles. The van der Waals surface area contributed by atoms with Gasteiger partial charge in [0.25, 0.3) is 11.8 Å². The number of unbranched alkanes of at least 4 members (excludes halogenated alkanes) is 3. The van der Waals surface area contributed by atoms with E-state index in [1.807, 2.05) is 6.92 Å². The van der Waals surface area contributed by atoms with Crippen LogP contribution >= 0.6 is 34.0 Å². The molecule has 0 saturated carbocycles. The van der Waals surface area contributed by atoms with Crippen molar-refractivity contribution in [3.63, 3.8) is 0 Å². The van der Waals surface area contributed by atoms with Gasteiger partial charge in [-0.25, -0.2) is 0 Å². The third kappa shape index (κ3) is 8.13. The van der Waals surface area contributed by atoms with Gasteiger partial charge >= 0.3 is 0 Å². The summed E-state index contributed by atoms with van der Waals surface area (Å²) in [4.78, 5) is 33.6. The van der Waals surface area contributed by atoms with E-state index in [1.165, 1.54) is 48.3 Å². The Balaban J connectivity index is 1.61. The van der Waals surface area contributed by atoms with Crippen molar-refractivity contribution in [1.29, 1.82) is 0 Å². The summed E-state index contributed by atoms with van der Waals surface area (Å²) in [5.41, 5.74) is 1.19. The second-order valence-electron chi connectivity index (χ2n) is 14.4. The van der Waals surface area contributed by atoms with Crippen molar-refractivity contribution in [3.8, 4) is 21.3 Å². The summed E-state index contributed by atoms with van der Waals surface area (Å²) in [7, 11) is 0. The fourth-order valence-corrected chi connectivity index (χ4v) is 10.7. The minimum Gasteiger partial charge on any atom is -0.491 e. The molecule has 8 heteroatoms. The van der Waals surface area contributed by atoms with E-state index in [2.05, 4.69) is 60.6 Å². The first-order chi connectivity index (χ1) is 24.2. The molecule has 0 N–H and O–H groups in total. The van der Waals surface area contributed by atoms with Gasteiger partial charge in [0.15, 0.2) is 0 Å². The summed E-state index contributed by atoms with van der Waals surface area (Å²) < 4.78 is 16.0. The largest absolute Gasteiger partial charge is 0.491 e. The van der Waals surface area contributed by atoms with Crippen molar-refractivity contribution in [3.05, 3.63) is 33.0 Å². The van der Waals surface area contributed by atoms with Gasteiger partial charge in [-0.1, -0.05) is 99.3 Å². The molecule has 2 amide bonds. The van der Waals surface area contributed by atoms with E-state index in [1.54, 1.807) is 34.0 Å². The van der Waals surface area contributed by atoms with Gasteiger partial charge in [-0.2, -0.15) is 0 Å². The fourth-order valence-electron chi connectivity index (χ4n) is 7.30. The topological polar surface area (TPSA) is 55.8 Å². The Morgan fingerprint density at radius 1 is 0.640 bits per heavy atom. The van der Waals surface area contributed by atoms with Crippen LogP contribution in [0.2, 0.25) is 0 Å². The monoisotopic (exact) mass is 737 g/mol. The number of benzene rings is 1. The van der Waals surface area contributed by atoms with E-state index in [0.717, 1.165) is 84.8 Å². The molecule has 0 fully saturated rings. The molecule has 3 aromatic heterocycles. The van der Waals surface area contributed by atoms with Crippen LogP contribution in [0.15, 0.2) is 12.1 Å². The van der Waals surface area contributed by atoms with Crippen molar-refractivity contribution in [2.75, 3.05) is 19.8 Å². The first-order valence-electron chi connectivity index (χ1n) is 19.5. The molecule has 274 valence electrons. The average molecular weight is 738 g/mol. The molecule has 5 rings (SSSR count). The molecule has 3 unspecified atom stereocenters. The highest BCUT2D eigenvalue weighted by Gasteiger charge is 2.42. The average Bonchev–Trinajstić information content (AvgIpc) is 3.87. The zero-order chi connectivity index (χ0) is 35.9. The molecular formula is C42H59NO4S3. The molecule has 0 aliphatic carbocycles. The lowest BCUT2D eigenvalue weighted by molar-refractivity contribution is 0.0624. The number of hydrogen-bond acceptors (Lipinski definition) is 7. The van der Waals surface area contributed by atoms with Crippen LogP contribution in [0.3, 0.4) is 0 Å². The SMILES string of the molecule is CCCCC(CC)COc1c2cc(-c3sc(C)c4c3C(=O)N(CC(CC)CCCC)C4=O)sc2c(OCC(CC)CCCC)c2cc(C)sc12. The number of imide groups is 1. The van der Waals surface area contributed by atoms with E-state index in [-0.39, 0.29) is 11.8 Å². The summed E-state index contributed by atoms with van der Waals surface area (Å²) in [6, 6.07) is 4.48. The lowest BCUT2D eigenvalue weighted by Gasteiger charge is -2.21. The molecule has 0 spiro atoms. The van der Waals surface area contributed by atoms with Crippen molar-refractivity contribution in [2.24, 2.45) is 17.8 Å². The molecule has 5 nitrogen and oxygen atoms in total. The van der Waals surface area contributed by atoms with Crippen LogP contribution in [-0.4, -0.2) is 36.5 Å². The molecule has 1 aromatic carbocycles. The lowest BCUT2D eigenvalue weighted by atomic mass is 9.99. The van der Waals surface area contributed by atoms with Gasteiger partial charge in [-0.05, 0) is 63.0 Å². The Bertz CT molecular complexity index is 1690. The summed E-state index contributed by atoms with van der Waals surface area (Å²) >= 11 is 5.05. The third-order valence-electron chi connectivity index (χ3n) is 10.7. The predicted molar refractivity (Wildman–Crippen MR) is 216 cm³/mol. The highest BCUT2D eigenvalue weighted by Crippen LogP contribution is 2.53. The molecular weight excluding hydrogens is 679 g/mol. The number of hydrogen-bond donors (Lipinski definition) is 0. The van der Waals surface area contributed by atoms with E-state index in [0.29, 0.717) is 48.6 Å². The number of aryl methyl sites for hydroxylation is 2. The summed E-state index contributed by atoms with van der Waals surface area (Å²) in [6.45, 7) is 19.4. The van der Waals surface area contributed by atoms with Crippen LogP contribution in [0.5, 0.6) is 11.5 Å². The second kappa shape index (κ2) is 17.9. The zero-order valence-electron chi connectivity index (χ0n) is 31.8. The Hall–Kier alpha value is -2.42. The van der Waals surface area contributed by atoms with Crippen LogP contribution in [-0.2, 0) is 0 Å². The Morgan fingerprint density at radius 3 is 1.68 bits per heavy atom. The molecule has 0 bridgehead atoms. The Morgan fingerprint density at radius 2 is 1.14 bits per heavy atom. The highest BCUT2D eigenvalue weighted by atomic mass is 32.1. The third-order valence-corrected chi connectivity index (χ3v) is 14.2. The fraction of sp³-hybridized carbons (Fsp3) is 0.619. The normalized spacial score (nSPS) is 15.0. The van der Waals surface area contributed by atoms with Crippen LogP contribution in [0.1, 0.15) is 149 Å². The maximum Gasteiger partial charge on any atom is 0.263 e. The van der Waals surface area contributed by atoms with E-state index in [4.69, 9.17) is 9.47 Å². The van der Waals surface area contributed by atoms with E-state index < -0.39 is 0 Å². The van der Waals surface area contributed by atoms with Crippen molar-refractivity contribution < 1.29 is 19.1 Å². The zero-order valence-corrected chi connectivity index (χ0v) is 34.2. The molecule has 0 radical (unpaired) electrons. The first-order valence-corrected chi connectivity index (χ1v) is 21.9. The summed E-state index contributed by atoms with van der Waals surface area (Å²) in [5, 5.41) is 2.18. The number of rotatable bonds is 21. The van der Waals surface area contributed by atoms with Crippen molar-refractivity contribution in [1.82, 2.24) is 4.90 Å². The molecule has 4 heterocycles. The van der Waals surface area contributed by atoms with Crippen molar-refractivity contribution >= 4 is 66.0 Å². The van der Waals surface area contributed by atoms with Crippen LogP contribution in [0.25, 0.3) is 29.9 Å². The van der Waals surface area contributed by atoms with Gasteiger partial charge in [0, 0.05) is 31.9 Å². The maximum absolute atomic E-state index is 14.1. The minimum absolute atomic E-state index is 0.125. The Labute approximate surface area is 312 Å². The van der Waals surface area contributed by atoms with Gasteiger partial charge in [0.2, 0.25) is 0 Å². The summed E-state index contributed by atoms with van der Waals surface area (Å²) in [6.07, 6.45) is 13.5. The maximum atomic E-state index is 14.1. The molecule has 0 saturated heterocycles. The smallest absolute Gasteiger partial charge is 0.263 e. The molecule has 4 aromatic rings. The molecule has 50 heavy (non-hydrogen) atoms. The number of thiophene rings is 3. The first kappa shape index (κ1) is 38.8. The van der Waals surface area contributed by atoms with Gasteiger partial charge in [-0.15, -0.1) is 34.0 Å². The number of fused-ring (bicyclic) bond motifs is 3. The van der Waals surface area contributed by atoms with Gasteiger partial charge < -0.3 is 9.47 Å². The molecule has 3 atom stereocenters. The standard InChI is InChI=1S/C42H59NO4S3/c1-9-15-18-28(12-4)23-43-41(44)34-27(8)49-40(35(34)42(43)45)33-22-32-37(47-25-30(14-6)20-17-11-3)38-31(21-26(7)48-38)36(39(32)50-33)46-24-29(13-5)19-16-10-2/h21-22,28-30H,9-20,23-25H2,1-8H3. The lowest BCUT2D eigenvalue weighted by Crippen LogP contribution is -2.34. The number of ether oxygens (including phenoxy) is 2. The van der Waals surface area contributed by atoms with Crippen molar-refractivity contribution in [2.45, 2.75) is 132 Å². The minimum atomic E-state index is -0.135. The van der Waals surface area contributed by atoms with Gasteiger partial charge in [-0.3, -0.25) is 14.5 Å². The predicted octanol–water partition coefficient (Wildman–Crippen LogP) is 13.5. The van der Waals surface area contributed by atoms with Crippen LogP contribution < -0.4 is 9.47 Å². The van der Waals surface area contributed by atoms with Crippen LogP contribution in [0.4, 0.5) is 0 Å². The second-order valence-corrected chi connectivity index (χ2v) is 18.0. The number of amides is 2. The van der Waals surface area contributed by atoms with E-state index in [9.17, 15) is 9.59 Å². The van der Waals surface area contributed by atoms with E-state index >= 15 is 0 Å². The Kier molecular flexibility index (Phi) is 13.9. The highest BCUT2D eigenvalue weighted by molar-refractivity contribution is 7.27. The number of nitrogens with zero attached hydrogens (tertiary/aromatic N) is 1. The number of carbonyl (C=O) groups is 2. The van der Waals surface area contributed by atoms with Crippen LogP contribution in [0, 0.1) is 31.6 Å².